The van der Waals surface area contributed by atoms with E-state index in [1.807, 2.05) is 14.0 Å². The maximum atomic E-state index is 12.1. The van der Waals surface area contributed by atoms with Crippen LogP contribution in [-0.4, -0.2) is 40.8 Å². The van der Waals surface area contributed by atoms with Crippen LogP contribution in [0.25, 0.3) is 11.1 Å². The second-order valence-corrected chi connectivity index (χ2v) is 5.93. The van der Waals surface area contributed by atoms with Gasteiger partial charge in [-0.3, -0.25) is 0 Å². The molecule has 2 aromatic rings. The molecule has 7 nitrogen and oxygen atoms in total. The lowest BCUT2D eigenvalue weighted by Gasteiger charge is -2.32. The first-order valence-electron chi connectivity index (χ1n) is 8.15. The zero-order valence-corrected chi connectivity index (χ0v) is 13.8. The summed E-state index contributed by atoms with van der Waals surface area (Å²) in [5.41, 5.74) is 0.484. The molecule has 2 aromatic heterocycles. The van der Waals surface area contributed by atoms with Gasteiger partial charge in [-0.15, -0.1) is 0 Å². The molecule has 2 heterocycles. The summed E-state index contributed by atoms with van der Waals surface area (Å²) in [7, 11) is 2.01. The molecule has 1 fully saturated rings. The van der Waals surface area contributed by atoms with E-state index in [1.165, 1.54) is 19.3 Å². The van der Waals surface area contributed by atoms with E-state index in [2.05, 4.69) is 20.0 Å². The summed E-state index contributed by atoms with van der Waals surface area (Å²) >= 11 is 0. The third-order valence-corrected chi connectivity index (χ3v) is 4.35. The predicted octanol–water partition coefficient (Wildman–Crippen LogP) is 2.87. The molecule has 3 rings (SSSR count). The molecule has 1 aliphatic carbocycles. The molecule has 23 heavy (non-hydrogen) atoms. The number of hydrogen-bond acceptors (Lipinski definition) is 7. The topological polar surface area (TPSA) is 81.3 Å². The van der Waals surface area contributed by atoms with Crippen LogP contribution in [0.1, 0.15) is 55.3 Å². The number of esters is 1. The highest BCUT2D eigenvalue weighted by Gasteiger charge is 2.27. The lowest BCUT2D eigenvalue weighted by atomic mass is 9.94. The normalized spacial score (nSPS) is 15.8. The Labute approximate surface area is 135 Å². The number of carbonyl (C=O) groups is 1. The van der Waals surface area contributed by atoms with E-state index in [4.69, 9.17) is 9.26 Å². The van der Waals surface area contributed by atoms with Crippen LogP contribution >= 0.6 is 0 Å². The molecule has 0 amide bonds. The highest BCUT2D eigenvalue weighted by atomic mass is 16.5. The molecule has 0 aromatic carbocycles. The number of carbonyl (C=O) groups excluding carboxylic acids is 1. The number of rotatable bonds is 4. The fourth-order valence-corrected chi connectivity index (χ4v) is 3.18. The molecule has 0 aliphatic heterocycles. The number of nitrogens with zero attached hydrogens (tertiary/aromatic N) is 4. The van der Waals surface area contributed by atoms with E-state index in [9.17, 15) is 4.79 Å². The lowest BCUT2D eigenvalue weighted by molar-refractivity contribution is 0.0517. The smallest absolute Gasteiger partial charge is 0.361 e. The van der Waals surface area contributed by atoms with Gasteiger partial charge in [0.15, 0.2) is 0 Å². The van der Waals surface area contributed by atoms with Gasteiger partial charge < -0.3 is 14.2 Å². The van der Waals surface area contributed by atoms with Gasteiger partial charge in [-0.05, 0) is 26.7 Å². The van der Waals surface area contributed by atoms with Gasteiger partial charge in [0.25, 0.3) is 5.71 Å². The van der Waals surface area contributed by atoms with Gasteiger partial charge >= 0.3 is 5.97 Å². The predicted molar refractivity (Wildman–Crippen MR) is 85.6 cm³/mol. The van der Waals surface area contributed by atoms with Crippen molar-refractivity contribution in [3.63, 3.8) is 0 Å². The van der Waals surface area contributed by atoms with Crippen molar-refractivity contribution in [2.45, 2.75) is 52.0 Å². The minimum absolute atomic E-state index is 0.152. The Kier molecular flexibility index (Phi) is 4.45. The summed E-state index contributed by atoms with van der Waals surface area (Å²) in [5.74, 6) is 0.794. The van der Waals surface area contributed by atoms with E-state index in [0.29, 0.717) is 28.8 Å². The summed E-state index contributed by atoms with van der Waals surface area (Å²) in [6.45, 7) is 3.85. The fourth-order valence-electron chi connectivity index (χ4n) is 3.18. The van der Waals surface area contributed by atoms with Crippen molar-refractivity contribution in [2.75, 3.05) is 18.6 Å². The fraction of sp³-hybridized carbons (Fsp3) is 0.625. The molecule has 124 valence electrons. The first kappa shape index (κ1) is 15.7. The quantitative estimate of drug-likeness (QED) is 0.802. The number of aromatic nitrogens is 3. The molecular formula is C16H22N4O3. The summed E-state index contributed by atoms with van der Waals surface area (Å²) in [6.07, 6.45) is 5.97. The number of fused-ring (bicyclic) bond motifs is 1. The number of ether oxygens (including phenoxy) is 1. The summed E-state index contributed by atoms with van der Waals surface area (Å²) in [4.78, 5) is 23.1. The van der Waals surface area contributed by atoms with Crippen molar-refractivity contribution in [3.05, 3.63) is 11.5 Å². The van der Waals surface area contributed by atoms with Crippen molar-refractivity contribution in [1.29, 1.82) is 0 Å². The molecular weight excluding hydrogens is 296 g/mol. The van der Waals surface area contributed by atoms with E-state index >= 15 is 0 Å². The van der Waals surface area contributed by atoms with Crippen molar-refractivity contribution in [1.82, 2.24) is 15.1 Å². The maximum Gasteiger partial charge on any atom is 0.361 e. The Hall–Kier alpha value is -2.18. The van der Waals surface area contributed by atoms with Crippen LogP contribution in [0, 0.1) is 6.92 Å². The summed E-state index contributed by atoms with van der Waals surface area (Å²) in [6, 6.07) is 0.409. The molecule has 7 heteroatoms. The van der Waals surface area contributed by atoms with Gasteiger partial charge in [-0.2, -0.15) is 4.98 Å². The Morgan fingerprint density at radius 1 is 1.30 bits per heavy atom. The molecule has 1 saturated carbocycles. The van der Waals surface area contributed by atoms with Gasteiger partial charge in [0.05, 0.1) is 6.61 Å². The third kappa shape index (κ3) is 3.00. The Balaban J connectivity index is 2.06. The summed E-state index contributed by atoms with van der Waals surface area (Å²) < 4.78 is 10.3. The summed E-state index contributed by atoms with van der Waals surface area (Å²) in [5, 5.41) is 4.41. The monoisotopic (exact) mass is 318 g/mol. The van der Waals surface area contributed by atoms with Gasteiger partial charge in [0.2, 0.25) is 5.69 Å². The first-order valence-corrected chi connectivity index (χ1v) is 8.15. The number of anilines is 1. The van der Waals surface area contributed by atoms with Crippen molar-refractivity contribution in [3.8, 4) is 0 Å². The van der Waals surface area contributed by atoms with Crippen LogP contribution in [0.5, 0.6) is 0 Å². The first-order chi connectivity index (χ1) is 11.1. The molecule has 0 radical (unpaired) electrons. The lowest BCUT2D eigenvalue weighted by Crippen LogP contribution is -2.34. The largest absolute Gasteiger partial charge is 0.461 e. The average molecular weight is 318 g/mol. The third-order valence-electron chi connectivity index (χ3n) is 4.35. The van der Waals surface area contributed by atoms with Gasteiger partial charge in [-0.25, -0.2) is 9.78 Å². The Morgan fingerprint density at radius 3 is 2.74 bits per heavy atom. The van der Waals surface area contributed by atoms with Crippen LogP contribution in [-0.2, 0) is 4.74 Å². The molecule has 0 spiro atoms. The Bertz CT molecular complexity index is 707. The van der Waals surface area contributed by atoms with Crippen molar-refractivity contribution < 1.29 is 14.1 Å². The number of aryl methyl sites for hydroxylation is 1. The van der Waals surface area contributed by atoms with E-state index in [-0.39, 0.29) is 12.3 Å². The zero-order valence-electron chi connectivity index (χ0n) is 13.8. The van der Waals surface area contributed by atoms with E-state index in [0.717, 1.165) is 12.8 Å². The molecule has 0 saturated heterocycles. The van der Waals surface area contributed by atoms with Crippen LogP contribution in [0.2, 0.25) is 0 Å². The second-order valence-electron chi connectivity index (χ2n) is 5.93. The van der Waals surface area contributed by atoms with Crippen LogP contribution < -0.4 is 4.90 Å². The van der Waals surface area contributed by atoms with Gasteiger partial charge in [0.1, 0.15) is 17.0 Å². The van der Waals surface area contributed by atoms with Gasteiger partial charge in [-0.1, -0.05) is 24.4 Å². The second kappa shape index (κ2) is 6.52. The molecule has 0 unspecified atom stereocenters. The molecule has 0 N–H and O–H groups in total. The highest BCUT2D eigenvalue weighted by Crippen LogP contribution is 2.31. The Morgan fingerprint density at radius 2 is 2.04 bits per heavy atom. The minimum atomic E-state index is -0.503. The van der Waals surface area contributed by atoms with E-state index in [1.54, 1.807) is 6.92 Å². The van der Waals surface area contributed by atoms with Crippen molar-refractivity contribution >= 4 is 22.9 Å². The van der Waals surface area contributed by atoms with Crippen LogP contribution in [0.4, 0.5) is 5.82 Å². The van der Waals surface area contributed by atoms with E-state index < -0.39 is 5.97 Å². The maximum absolute atomic E-state index is 12.1. The SMILES string of the molecule is CCOC(=O)c1noc2nc(C)nc(N(C)C3CCCCC3)c12. The number of hydrogen-bond donors (Lipinski definition) is 0. The molecule has 0 atom stereocenters. The van der Waals surface area contributed by atoms with Crippen LogP contribution in [0.15, 0.2) is 4.52 Å². The zero-order chi connectivity index (χ0) is 16.4. The van der Waals surface area contributed by atoms with Crippen LogP contribution in [0.3, 0.4) is 0 Å². The molecule has 0 bridgehead atoms. The van der Waals surface area contributed by atoms with Crippen molar-refractivity contribution in [2.24, 2.45) is 0 Å². The van der Waals surface area contributed by atoms with Gasteiger partial charge in [0, 0.05) is 13.1 Å². The molecule has 1 aliphatic rings. The minimum Gasteiger partial charge on any atom is -0.461 e. The highest BCUT2D eigenvalue weighted by molar-refractivity contribution is 6.04. The standard InChI is InChI=1S/C16H22N4O3/c1-4-22-16(21)13-12-14(17-10(2)18-15(12)23-19-13)20(3)11-8-6-5-7-9-11/h11H,4-9H2,1-3H3. The average Bonchev–Trinajstić information content (AvgIpc) is 2.98.